The Balaban J connectivity index is 1.05. The molecule has 12 heteroatoms. The fraction of sp³-hybridized carbons (Fsp3) is 0.371. The molecule has 2 saturated heterocycles. The van der Waals surface area contributed by atoms with Crippen molar-refractivity contribution in [1.29, 1.82) is 5.26 Å². The molecule has 47 heavy (non-hydrogen) atoms. The standard InChI is InChI=1S/C35H34F2N6O4/c36-26-16-24-21(5-6-28(39)33(24)42-12-10-41(11-13-42)29-7-4-20(17-38)14-27(29)37)15-22(26)19-47-31-3-1-2-23-25(31)18-43(35(23)46)30-8-9-32(44)40-34(30)45/h1-4,7,14-16,28,30,33H,5-6,8-13,18-19,39H2,(H,40,44,45)/t28?,30-,33?/m0/s1. The largest absolute Gasteiger partial charge is 0.488 e. The maximum atomic E-state index is 15.7. The summed E-state index contributed by atoms with van der Waals surface area (Å²) >= 11 is 0. The highest BCUT2D eigenvalue weighted by Crippen LogP contribution is 2.38. The summed E-state index contributed by atoms with van der Waals surface area (Å²) in [5.74, 6) is -1.52. The van der Waals surface area contributed by atoms with Crippen molar-refractivity contribution in [3.63, 3.8) is 0 Å². The number of fused-ring (bicyclic) bond motifs is 2. The lowest BCUT2D eigenvalue weighted by Gasteiger charge is -2.44. The fourth-order valence-electron chi connectivity index (χ4n) is 7.39. The highest BCUT2D eigenvalue weighted by atomic mass is 19.1. The third-order valence-electron chi connectivity index (χ3n) is 9.83. The summed E-state index contributed by atoms with van der Waals surface area (Å²) in [6.07, 6.45) is 1.86. The van der Waals surface area contributed by atoms with Crippen LogP contribution >= 0.6 is 0 Å². The first-order valence-corrected chi connectivity index (χ1v) is 15.9. The second-order valence-corrected chi connectivity index (χ2v) is 12.6. The molecule has 0 saturated carbocycles. The number of piperidine rings is 1. The minimum Gasteiger partial charge on any atom is -0.488 e. The van der Waals surface area contributed by atoms with E-state index >= 15 is 4.39 Å². The van der Waals surface area contributed by atoms with Crippen molar-refractivity contribution in [3.05, 3.63) is 93.5 Å². The van der Waals surface area contributed by atoms with E-state index in [9.17, 15) is 18.8 Å². The predicted molar refractivity (Wildman–Crippen MR) is 167 cm³/mol. The number of piperazine rings is 1. The van der Waals surface area contributed by atoms with Crippen LogP contribution in [0.2, 0.25) is 0 Å². The molecule has 2 fully saturated rings. The van der Waals surface area contributed by atoms with E-state index in [1.54, 1.807) is 36.4 Å². The smallest absolute Gasteiger partial charge is 0.255 e. The molecule has 10 nitrogen and oxygen atoms in total. The number of ether oxygens (including phenoxy) is 1. The molecule has 0 aromatic heterocycles. The van der Waals surface area contributed by atoms with E-state index < -0.39 is 23.6 Å². The molecule has 3 aromatic carbocycles. The first-order chi connectivity index (χ1) is 22.7. The van der Waals surface area contributed by atoms with Crippen molar-refractivity contribution in [3.8, 4) is 11.8 Å². The van der Waals surface area contributed by atoms with Crippen LogP contribution in [0.4, 0.5) is 14.5 Å². The van der Waals surface area contributed by atoms with Gasteiger partial charge in [-0.2, -0.15) is 5.26 Å². The maximum Gasteiger partial charge on any atom is 0.255 e. The lowest BCUT2D eigenvalue weighted by molar-refractivity contribution is -0.136. The number of imide groups is 1. The molecule has 3 N–H and O–H groups in total. The number of hydrogen-bond acceptors (Lipinski definition) is 8. The number of nitrogens with zero attached hydrogens (tertiary/aromatic N) is 4. The van der Waals surface area contributed by atoms with Crippen molar-refractivity contribution in [1.82, 2.24) is 15.1 Å². The molecular weight excluding hydrogens is 606 g/mol. The van der Waals surface area contributed by atoms with Gasteiger partial charge in [0, 0.05) is 55.3 Å². The number of nitrogens with one attached hydrogen (secondary N) is 1. The number of benzene rings is 3. The zero-order valence-electron chi connectivity index (χ0n) is 25.7. The first kappa shape index (κ1) is 30.8. The summed E-state index contributed by atoms with van der Waals surface area (Å²) in [6, 6.07) is 13.9. The highest BCUT2D eigenvalue weighted by molar-refractivity contribution is 6.05. The van der Waals surface area contributed by atoms with Gasteiger partial charge in [-0.1, -0.05) is 6.07 Å². The molecule has 1 aliphatic carbocycles. The number of anilines is 1. The normalized spacial score (nSPS) is 22.9. The topological polar surface area (TPSA) is 132 Å². The quantitative estimate of drug-likeness (QED) is 0.393. The zero-order chi connectivity index (χ0) is 32.8. The molecule has 3 atom stereocenters. The molecule has 3 amide bonds. The molecular formula is C35H34F2N6O4. The van der Waals surface area contributed by atoms with Crippen LogP contribution < -0.4 is 20.7 Å². The van der Waals surface area contributed by atoms with Crippen LogP contribution in [-0.4, -0.2) is 65.8 Å². The Morgan fingerprint density at radius 3 is 2.53 bits per heavy atom. The van der Waals surface area contributed by atoms with Crippen molar-refractivity contribution in [2.75, 3.05) is 31.1 Å². The Labute approximate surface area is 270 Å². The van der Waals surface area contributed by atoms with Crippen molar-refractivity contribution in [2.24, 2.45) is 5.73 Å². The molecule has 2 unspecified atom stereocenters. The average molecular weight is 641 g/mol. The van der Waals surface area contributed by atoms with Gasteiger partial charge in [-0.25, -0.2) is 8.78 Å². The van der Waals surface area contributed by atoms with E-state index in [-0.39, 0.29) is 55.5 Å². The number of aryl methyl sites for hydroxylation is 1. The van der Waals surface area contributed by atoms with Crippen molar-refractivity contribution < 1.29 is 27.9 Å². The summed E-state index contributed by atoms with van der Waals surface area (Å²) < 4.78 is 36.5. The lowest BCUT2D eigenvalue weighted by atomic mass is 9.82. The lowest BCUT2D eigenvalue weighted by Crippen LogP contribution is -2.52. The molecule has 0 bridgehead atoms. The Kier molecular flexibility index (Phi) is 8.11. The van der Waals surface area contributed by atoms with E-state index in [0.29, 0.717) is 60.7 Å². The van der Waals surface area contributed by atoms with Gasteiger partial charge in [0.05, 0.1) is 29.9 Å². The predicted octanol–water partition coefficient (Wildman–Crippen LogP) is 3.31. The zero-order valence-corrected chi connectivity index (χ0v) is 25.7. The SMILES string of the molecule is N#Cc1ccc(N2CCN(C3c4cc(F)c(COc5cccc6c5CN([C@H]5CCC(=O)NC5=O)C6=O)cc4CCC3N)CC2)c(F)c1. The number of nitrogens with two attached hydrogens (primary N) is 1. The van der Waals surface area contributed by atoms with Crippen LogP contribution in [0, 0.1) is 23.0 Å². The first-order valence-electron chi connectivity index (χ1n) is 15.9. The van der Waals surface area contributed by atoms with Crippen LogP contribution in [0.3, 0.4) is 0 Å². The maximum absolute atomic E-state index is 15.7. The third kappa shape index (κ3) is 5.70. The van der Waals surface area contributed by atoms with Gasteiger partial charge in [0.1, 0.15) is 30.0 Å². The Hall–Kier alpha value is -4.86. The number of hydrogen-bond donors (Lipinski definition) is 2. The highest BCUT2D eigenvalue weighted by Gasteiger charge is 2.40. The second kappa shape index (κ2) is 12.4. The van der Waals surface area contributed by atoms with Gasteiger partial charge in [-0.05, 0) is 72.9 Å². The van der Waals surface area contributed by atoms with E-state index in [2.05, 4.69) is 10.2 Å². The van der Waals surface area contributed by atoms with E-state index in [0.717, 1.165) is 17.5 Å². The molecule has 242 valence electrons. The van der Waals surface area contributed by atoms with Crippen LogP contribution in [0.1, 0.15) is 63.5 Å². The summed E-state index contributed by atoms with van der Waals surface area (Å²) in [7, 11) is 0. The van der Waals surface area contributed by atoms with E-state index in [4.69, 9.17) is 15.7 Å². The number of nitriles is 1. The van der Waals surface area contributed by atoms with Gasteiger partial charge in [-0.15, -0.1) is 0 Å². The number of amides is 3. The Morgan fingerprint density at radius 1 is 0.979 bits per heavy atom. The monoisotopic (exact) mass is 640 g/mol. The number of carbonyl (C=O) groups excluding carboxylic acids is 3. The van der Waals surface area contributed by atoms with Gasteiger partial charge >= 0.3 is 0 Å². The minimum atomic E-state index is -0.738. The van der Waals surface area contributed by atoms with E-state index in [1.807, 2.05) is 17.0 Å². The molecule has 3 heterocycles. The average Bonchev–Trinajstić information content (AvgIpc) is 3.40. The number of rotatable bonds is 6. The second-order valence-electron chi connectivity index (χ2n) is 12.6. The molecule has 3 aliphatic heterocycles. The summed E-state index contributed by atoms with van der Waals surface area (Å²) in [5, 5.41) is 11.4. The van der Waals surface area contributed by atoms with Crippen LogP contribution in [0.5, 0.6) is 5.75 Å². The minimum absolute atomic E-state index is 0.0479. The third-order valence-corrected chi connectivity index (χ3v) is 9.83. The Bertz CT molecular complexity index is 1820. The van der Waals surface area contributed by atoms with Crippen molar-refractivity contribution >= 4 is 23.4 Å². The van der Waals surface area contributed by atoms with Crippen LogP contribution in [0.25, 0.3) is 0 Å². The molecule has 7 rings (SSSR count). The summed E-state index contributed by atoms with van der Waals surface area (Å²) in [5.41, 5.74) is 10.7. The summed E-state index contributed by atoms with van der Waals surface area (Å²) in [4.78, 5) is 42.9. The fourth-order valence-corrected chi connectivity index (χ4v) is 7.39. The molecule has 0 spiro atoms. The number of halogens is 2. The molecule has 3 aromatic rings. The Morgan fingerprint density at radius 2 is 1.79 bits per heavy atom. The van der Waals surface area contributed by atoms with E-state index in [1.165, 1.54) is 11.0 Å². The van der Waals surface area contributed by atoms with Gasteiger partial charge in [0.15, 0.2) is 0 Å². The van der Waals surface area contributed by atoms with Gasteiger partial charge in [-0.3, -0.25) is 24.6 Å². The molecule has 0 radical (unpaired) electrons. The molecule has 4 aliphatic rings. The summed E-state index contributed by atoms with van der Waals surface area (Å²) in [6.45, 7) is 2.50. The van der Waals surface area contributed by atoms with Crippen molar-refractivity contribution in [2.45, 2.75) is 57.0 Å². The van der Waals surface area contributed by atoms with Gasteiger partial charge in [0.25, 0.3) is 5.91 Å². The van der Waals surface area contributed by atoms with Gasteiger partial charge < -0.3 is 20.3 Å². The van der Waals surface area contributed by atoms with Crippen LogP contribution in [0.15, 0.2) is 48.5 Å². The van der Waals surface area contributed by atoms with Crippen LogP contribution in [-0.2, 0) is 29.2 Å². The van der Waals surface area contributed by atoms with Gasteiger partial charge in [0.2, 0.25) is 11.8 Å². The number of carbonyl (C=O) groups is 3.